The van der Waals surface area contributed by atoms with E-state index in [1.165, 1.54) is 6.08 Å². The molecule has 0 aliphatic heterocycles. The standard InChI is InChI=1S/C11H9ClN2O/c1-2-11-13-10(14-15-11)7-8-5-3-4-6-9(8)12/h2-6H,1,7H2. The van der Waals surface area contributed by atoms with Crippen LogP contribution in [-0.4, -0.2) is 10.1 Å². The molecule has 2 rings (SSSR count). The van der Waals surface area contributed by atoms with E-state index < -0.39 is 0 Å². The minimum absolute atomic E-state index is 0.428. The van der Waals surface area contributed by atoms with E-state index in [-0.39, 0.29) is 0 Å². The van der Waals surface area contributed by atoms with Crippen LogP contribution in [0.3, 0.4) is 0 Å². The maximum absolute atomic E-state index is 6.01. The first-order chi connectivity index (χ1) is 7.29. The fraction of sp³-hybridized carbons (Fsp3) is 0.0909. The predicted molar refractivity (Wildman–Crippen MR) is 58.6 cm³/mol. The minimum atomic E-state index is 0.428. The molecule has 0 aliphatic rings. The number of hydrogen-bond acceptors (Lipinski definition) is 3. The van der Waals surface area contributed by atoms with Crippen molar-refractivity contribution in [2.45, 2.75) is 6.42 Å². The summed E-state index contributed by atoms with van der Waals surface area (Å²) in [7, 11) is 0. The molecule has 1 aromatic heterocycles. The van der Waals surface area contributed by atoms with Crippen molar-refractivity contribution in [1.82, 2.24) is 10.1 Å². The maximum atomic E-state index is 6.01. The van der Waals surface area contributed by atoms with Crippen molar-refractivity contribution in [3.8, 4) is 0 Å². The Morgan fingerprint density at radius 1 is 1.40 bits per heavy atom. The van der Waals surface area contributed by atoms with Gasteiger partial charge in [0.15, 0.2) is 5.82 Å². The average Bonchev–Trinajstić information content (AvgIpc) is 2.69. The van der Waals surface area contributed by atoms with Crippen LogP contribution in [0, 0.1) is 0 Å². The molecule has 1 aromatic carbocycles. The molecule has 4 heteroatoms. The van der Waals surface area contributed by atoms with Crippen molar-refractivity contribution in [2.24, 2.45) is 0 Å². The predicted octanol–water partition coefficient (Wildman–Crippen LogP) is 2.96. The van der Waals surface area contributed by atoms with E-state index in [1.807, 2.05) is 24.3 Å². The number of nitrogens with zero attached hydrogens (tertiary/aromatic N) is 2. The Bertz CT molecular complexity index is 479. The van der Waals surface area contributed by atoms with E-state index in [2.05, 4.69) is 16.7 Å². The van der Waals surface area contributed by atoms with Crippen molar-refractivity contribution < 1.29 is 4.52 Å². The van der Waals surface area contributed by atoms with Gasteiger partial charge in [0.05, 0.1) is 0 Å². The number of hydrogen-bond donors (Lipinski definition) is 0. The van der Waals surface area contributed by atoms with Gasteiger partial charge in [0, 0.05) is 11.4 Å². The Hall–Kier alpha value is -1.61. The van der Waals surface area contributed by atoms with Crippen molar-refractivity contribution >= 4 is 17.7 Å². The zero-order valence-electron chi connectivity index (χ0n) is 7.98. The molecule has 0 amide bonds. The summed E-state index contributed by atoms with van der Waals surface area (Å²) < 4.78 is 4.90. The van der Waals surface area contributed by atoms with Crippen LogP contribution in [0.15, 0.2) is 35.4 Å². The zero-order valence-corrected chi connectivity index (χ0v) is 8.74. The van der Waals surface area contributed by atoms with Crippen LogP contribution in [0.4, 0.5) is 0 Å². The second kappa shape index (κ2) is 4.28. The highest BCUT2D eigenvalue weighted by molar-refractivity contribution is 6.31. The van der Waals surface area contributed by atoms with E-state index >= 15 is 0 Å². The third kappa shape index (κ3) is 2.25. The molecule has 1 heterocycles. The molecule has 0 saturated carbocycles. The highest BCUT2D eigenvalue weighted by Gasteiger charge is 2.06. The fourth-order valence-electron chi connectivity index (χ4n) is 1.23. The molecule has 0 unspecified atom stereocenters. The number of aromatic nitrogens is 2. The molecule has 76 valence electrons. The monoisotopic (exact) mass is 220 g/mol. The third-order valence-corrected chi connectivity index (χ3v) is 2.33. The third-order valence-electron chi connectivity index (χ3n) is 1.96. The lowest BCUT2D eigenvalue weighted by Gasteiger charge is -1.98. The molecule has 0 aliphatic carbocycles. The smallest absolute Gasteiger partial charge is 0.250 e. The van der Waals surface area contributed by atoms with E-state index in [4.69, 9.17) is 16.1 Å². The molecule has 0 bridgehead atoms. The number of halogens is 1. The average molecular weight is 221 g/mol. The van der Waals surface area contributed by atoms with E-state index in [0.717, 1.165) is 5.56 Å². The Labute approximate surface area is 92.4 Å². The van der Waals surface area contributed by atoms with Crippen molar-refractivity contribution in [3.63, 3.8) is 0 Å². The van der Waals surface area contributed by atoms with Crippen LogP contribution in [0.1, 0.15) is 17.3 Å². The molecule has 0 radical (unpaired) electrons. The van der Waals surface area contributed by atoms with Gasteiger partial charge in [-0.1, -0.05) is 41.5 Å². The van der Waals surface area contributed by atoms with E-state index in [0.29, 0.717) is 23.2 Å². The van der Waals surface area contributed by atoms with Gasteiger partial charge in [0.25, 0.3) is 0 Å². The van der Waals surface area contributed by atoms with Gasteiger partial charge in [0.2, 0.25) is 5.89 Å². The normalized spacial score (nSPS) is 10.2. The first-order valence-corrected chi connectivity index (χ1v) is 4.86. The van der Waals surface area contributed by atoms with E-state index in [1.54, 1.807) is 0 Å². The summed E-state index contributed by atoms with van der Waals surface area (Å²) in [5.41, 5.74) is 0.982. The molecular weight excluding hydrogens is 212 g/mol. The highest BCUT2D eigenvalue weighted by atomic mass is 35.5. The first kappa shape index (κ1) is 9.93. The number of rotatable bonds is 3. The summed E-state index contributed by atoms with van der Waals surface area (Å²) >= 11 is 6.01. The van der Waals surface area contributed by atoms with Crippen LogP contribution in [-0.2, 0) is 6.42 Å². The van der Waals surface area contributed by atoms with Gasteiger partial charge in [-0.05, 0) is 17.7 Å². The summed E-state index contributed by atoms with van der Waals surface area (Å²) in [5, 5.41) is 4.52. The van der Waals surface area contributed by atoms with Crippen molar-refractivity contribution in [2.75, 3.05) is 0 Å². The summed E-state index contributed by atoms with van der Waals surface area (Å²) in [6.07, 6.45) is 2.08. The Morgan fingerprint density at radius 3 is 2.87 bits per heavy atom. The van der Waals surface area contributed by atoms with Crippen LogP contribution < -0.4 is 0 Å². The Balaban J connectivity index is 2.22. The molecule has 3 nitrogen and oxygen atoms in total. The summed E-state index contributed by atoms with van der Waals surface area (Å²) in [5.74, 6) is 1.04. The van der Waals surface area contributed by atoms with Crippen molar-refractivity contribution in [1.29, 1.82) is 0 Å². The molecular formula is C11H9ClN2O. The van der Waals surface area contributed by atoms with Crippen LogP contribution >= 0.6 is 11.6 Å². The van der Waals surface area contributed by atoms with Crippen molar-refractivity contribution in [3.05, 3.63) is 53.1 Å². The van der Waals surface area contributed by atoms with Crippen LogP contribution in [0.2, 0.25) is 5.02 Å². The number of benzene rings is 1. The molecule has 0 atom stereocenters. The SMILES string of the molecule is C=Cc1nc(Cc2ccccc2Cl)no1. The van der Waals surface area contributed by atoms with Gasteiger partial charge in [-0.3, -0.25) is 0 Å². The first-order valence-electron chi connectivity index (χ1n) is 4.48. The summed E-state index contributed by atoms with van der Waals surface area (Å²) in [4.78, 5) is 4.11. The van der Waals surface area contributed by atoms with Gasteiger partial charge < -0.3 is 4.52 Å². The topological polar surface area (TPSA) is 38.9 Å². The fourth-order valence-corrected chi connectivity index (χ4v) is 1.44. The summed E-state index contributed by atoms with van der Waals surface area (Å²) in [6.45, 7) is 3.55. The Kier molecular flexibility index (Phi) is 2.83. The van der Waals surface area contributed by atoms with Gasteiger partial charge >= 0.3 is 0 Å². The second-order valence-corrected chi connectivity index (χ2v) is 3.43. The van der Waals surface area contributed by atoms with Gasteiger partial charge in [-0.15, -0.1) is 0 Å². The molecule has 0 fully saturated rings. The maximum Gasteiger partial charge on any atom is 0.250 e. The molecule has 2 aromatic rings. The largest absolute Gasteiger partial charge is 0.335 e. The van der Waals surface area contributed by atoms with Gasteiger partial charge in [0.1, 0.15) is 0 Å². The second-order valence-electron chi connectivity index (χ2n) is 3.02. The minimum Gasteiger partial charge on any atom is -0.335 e. The zero-order chi connectivity index (χ0) is 10.7. The Morgan fingerprint density at radius 2 is 2.20 bits per heavy atom. The molecule has 0 spiro atoms. The lowest BCUT2D eigenvalue weighted by Crippen LogP contribution is -1.91. The lowest BCUT2D eigenvalue weighted by atomic mass is 10.1. The van der Waals surface area contributed by atoms with E-state index in [9.17, 15) is 0 Å². The van der Waals surface area contributed by atoms with Gasteiger partial charge in [-0.25, -0.2) is 0 Å². The van der Waals surface area contributed by atoms with Crippen LogP contribution in [0.5, 0.6) is 0 Å². The lowest BCUT2D eigenvalue weighted by molar-refractivity contribution is 0.404. The van der Waals surface area contributed by atoms with Crippen LogP contribution in [0.25, 0.3) is 6.08 Å². The summed E-state index contributed by atoms with van der Waals surface area (Å²) in [6, 6.07) is 7.59. The molecule has 0 N–H and O–H groups in total. The molecule has 15 heavy (non-hydrogen) atoms. The molecule has 0 saturated heterocycles. The van der Waals surface area contributed by atoms with Gasteiger partial charge in [-0.2, -0.15) is 4.98 Å². The highest BCUT2D eigenvalue weighted by Crippen LogP contribution is 2.17. The quantitative estimate of drug-likeness (QED) is 0.798.